The van der Waals surface area contributed by atoms with Gasteiger partial charge in [-0.3, -0.25) is 9.89 Å². The maximum atomic E-state index is 5.58. The first-order valence-corrected chi connectivity index (χ1v) is 11.3. The summed E-state index contributed by atoms with van der Waals surface area (Å²) in [5.41, 5.74) is 1.18. The van der Waals surface area contributed by atoms with Gasteiger partial charge >= 0.3 is 0 Å². The molecule has 1 aliphatic heterocycles. The molecule has 3 atom stereocenters. The van der Waals surface area contributed by atoms with E-state index in [9.17, 15) is 0 Å². The SMILES string of the molecule is CCCC1CC1NC(=NCC(c1ccc(OC)c(OC)c1)N1CCOCC1)NCC. The second-order valence-electron chi connectivity index (χ2n) is 8.03. The van der Waals surface area contributed by atoms with Crippen molar-refractivity contribution in [1.82, 2.24) is 15.5 Å². The molecule has 7 heteroatoms. The van der Waals surface area contributed by atoms with Crippen molar-refractivity contribution in [3.05, 3.63) is 23.8 Å². The number of hydrogen-bond donors (Lipinski definition) is 2. The van der Waals surface area contributed by atoms with E-state index in [1.165, 1.54) is 24.8 Å². The Hall–Kier alpha value is -1.99. The molecule has 168 valence electrons. The molecule has 0 radical (unpaired) electrons. The average molecular weight is 419 g/mol. The Bertz CT molecular complexity index is 691. The van der Waals surface area contributed by atoms with Crippen molar-refractivity contribution in [3.63, 3.8) is 0 Å². The van der Waals surface area contributed by atoms with Crippen LogP contribution in [-0.2, 0) is 4.74 Å². The molecule has 2 N–H and O–H groups in total. The summed E-state index contributed by atoms with van der Waals surface area (Å²) in [6.45, 7) is 9.22. The fraction of sp³-hybridized carbons (Fsp3) is 0.696. The quantitative estimate of drug-likeness (QED) is 0.450. The number of methoxy groups -OCH3 is 2. The first-order valence-electron chi connectivity index (χ1n) is 11.3. The van der Waals surface area contributed by atoms with Gasteiger partial charge in [-0.25, -0.2) is 0 Å². The van der Waals surface area contributed by atoms with Crippen LogP contribution in [0.2, 0.25) is 0 Å². The third kappa shape index (κ3) is 6.01. The van der Waals surface area contributed by atoms with Crippen LogP contribution >= 0.6 is 0 Å². The predicted octanol–water partition coefficient (Wildman–Crippen LogP) is 2.82. The van der Waals surface area contributed by atoms with Crippen molar-refractivity contribution in [3.8, 4) is 11.5 Å². The summed E-state index contributed by atoms with van der Waals surface area (Å²) in [4.78, 5) is 7.43. The van der Waals surface area contributed by atoms with Crippen molar-refractivity contribution in [2.24, 2.45) is 10.9 Å². The van der Waals surface area contributed by atoms with Gasteiger partial charge in [0.25, 0.3) is 0 Å². The Morgan fingerprint density at radius 3 is 2.63 bits per heavy atom. The number of nitrogens with one attached hydrogen (secondary N) is 2. The van der Waals surface area contributed by atoms with Gasteiger partial charge in [-0.1, -0.05) is 19.4 Å². The summed E-state index contributed by atoms with van der Waals surface area (Å²) in [6.07, 6.45) is 3.79. The fourth-order valence-corrected chi connectivity index (χ4v) is 4.17. The van der Waals surface area contributed by atoms with Gasteiger partial charge in [0.2, 0.25) is 0 Å². The number of nitrogens with zero attached hydrogens (tertiary/aromatic N) is 2. The normalized spacial score (nSPS) is 23.0. The third-order valence-electron chi connectivity index (χ3n) is 5.95. The smallest absolute Gasteiger partial charge is 0.191 e. The minimum atomic E-state index is 0.162. The van der Waals surface area contributed by atoms with Crippen LogP contribution in [0, 0.1) is 5.92 Å². The highest BCUT2D eigenvalue weighted by Crippen LogP contribution is 2.35. The van der Waals surface area contributed by atoms with Gasteiger partial charge in [0.1, 0.15) is 0 Å². The molecule has 0 aromatic heterocycles. The standard InChI is InChI=1S/C23H38N4O3/c1-5-7-17-14-19(17)26-23(24-6-2)25-16-20(27-10-12-30-13-11-27)18-8-9-21(28-3)22(15-18)29-4/h8-9,15,17,19-20H,5-7,10-14,16H2,1-4H3,(H2,24,25,26). The van der Waals surface area contributed by atoms with Crippen LogP contribution in [-0.4, -0.2) is 70.5 Å². The number of rotatable bonds is 10. The largest absolute Gasteiger partial charge is 0.493 e. The predicted molar refractivity (Wildman–Crippen MR) is 121 cm³/mol. The molecule has 1 heterocycles. The lowest BCUT2D eigenvalue weighted by Gasteiger charge is -2.34. The van der Waals surface area contributed by atoms with Crippen molar-refractivity contribution in [1.29, 1.82) is 0 Å². The molecule has 0 bridgehead atoms. The van der Waals surface area contributed by atoms with E-state index >= 15 is 0 Å². The molecule has 0 amide bonds. The molecule has 3 rings (SSSR count). The number of benzene rings is 1. The molecule has 2 aliphatic rings. The van der Waals surface area contributed by atoms with Crippen LogP contribution in [0.3, 0.4) is 0 Å². The summed E-state index contributed by atoms with van der Waals surface area (Å²) in [5.74, 6) is 3.21. The summed E-state index contributed by atoms with van der Waals surface area (Å²) in [6, 6.07) is 6.90. The Morgan fingerprint density at radius 2 is 1.97 bits per heavy atom. The lowest BCUT2D eigenvalue weighted by molar-refractivity contribution is 0.0179. The lowest BCUT2D eigenvalue weighted by atomic mass is 10.0. The monoisotopic (exact) mass is 418 g/mol. The minimum absolute atomic E-state index is 0.162. The van der Waals surface area contributed by atoms with Gasteiger partial charge in [-0.15, -0.1) is 0 Å². The third-order valence-corrected chi connectivity index (χ3v) is 5.95. The maximum Gasteiger partial charge on any atom is 0.191 e. The molecule has 30 heavy (non-hydrogen) atoms. The van der Waals surface area contributed by atoms with Crippen LogP contribution in [0.5, 0.6) is 11.5 Å². The van der Waals surface area contributed by atoms with E-state index in [1.807, 2.05) is 6.07 Å². The van der Waals surface area contributed by atoms with E-state index < -0.39 is 0 Å². The highest BCUT2D eigenvalue weighted by Gasteiger charge is 2.36. The van der Waals surface area contributed by atoms with Crippen molar-refractivity contribution < 1.29 is 14.2 Å². The molecule has 2 fully saturated rings. The summed E-state index contributed by atoms with van der Waals surface area (Å²) in [5, 5.41) is 7.05. The average Bonchev–Trinajstić information content (AvgIpc) is 3.52. The highest BCUT2D eigenvalue weighted by atomic mass is 16.5. The Kier molecular flexibility index (Phi) is 8.63. The van der Waals surface area contributed by atoms with E-state index in [2.05, 4.69) is 41.5 Å². The molecule has 1 saturated heterocycles. The van der Waals surface area contributed by atoms with Crippen LogP contribution in [0.15, 0.2) is 23.2 Å². The molecule has 7 nitrogen and oxygen atoms in total. The van der Waals surface area contributed by atoms with E-state index in [1.54, 1.807) is 14.2 Å². The zero-order valence-electron chi connectivity index (χ0n) is 18.9. The number of hydrogen-bond acceptors (Lipinski definition) is 5. The zero-order chi connectivity index (χ0) is 21.3. The van der Waals surface area contributed by atoms with E-state index in [-0.39, 0.29) is 6.04 Å². The Balaban J connectivity index is 1.77. The van der Waals surface area contributed by atoms with Crippen molar-refractivity contribution >= 4 is 5.96 Å². The van der Waals surface area contributed by atoms with Gasteiger partial charge in [0.05, 0.1) is 40.0 Å². The van der Waals surface area contributed by atoms with Crippen LogP contribution in [0.4, 0.5) is 0 Å². The molecule has 1 aliphatic carbocycles. The van der Waals surface area contributed by atoms with Gasteiger partial charge < -0.3 is 24.8 Å². The minimum Gasteiger partial charge on any atom is -0.493 e. The van der Waals surface area contributed by atoms with E-state index in [0.717, 1.165) is 56.2 Å². The molecule has 1 saturated carbocycles. The van der Waals surface area contributed by atoms with Crippen LogP contribution in [0.25, 0.3) is 0 Å². The Morgan fingerprint density at radius 1 is 1.20 bits per heavy atom. The van der Waals surface area contributed by atoms with Crippen LogP contribution in [0.1, 0.15) is 44.7 Å². The molecule has 1 aromatic carbocycles. The molecular weight excluding hydrogens is 380 g/mol. The second-order valence-corrected chi connectivity index (χ2v) is 8.03. The number of aliphatic imine (C=N–C) groups is 1. The van der Waals surface area contributed by atoms with Crippen molar-refractivity contribution in [2.45, 2.75) is 45.2 Å². The van der Waals surface area contributed by atoms with Gasteiger partial charge in [-0.05, 0) is 43.4 Å². The van der Waals surface area contributed by atoms with E-state index in [0.29, 0.717) is 12.6 Å². The number of guanidine groups is 1. The summed E-state index contributed by atoms with van der Waals surface area (Å²) >= 11 is 0. The first-order chi connectivity index (χ1) is 14.7. The Labute approximate surface area is 181 Å². The summed E-state index contributed by atoms with van der Waals surface area (Å²) < 4.78 is 16.5. The topological polar surface area (TPSA) is 67.4 Å². The molecule has 3 unspecified atom stereocenters. The van der Waals surface area contributed by atoms with Gasteiger partial charge in [-0.2, -0.15) is 0 Å². The van der Waals surface area contributed by atoms with Crippen LogP contribution < -0.4 is 20.1 Å². The fourth-order valence-electron chi connectivity index (χ4n) is 4.17. The second kappa shape index (κ2) is 11.4. The number of morpholine rings is 1. The maximum absolute atomic E-state index is 5.58. The first kappa shape index (κ1) is 22.7. The highest BCUT2D eigenvalue weighted by molar-refractivity contribution is 5.80. The molecule has 1 aromatic rings. The molecular formula is C23H38N4O3. The zero-order valence-corrected chi connectivity index (χ0v) is 18.9. The number of ether oxygens (including phenoxy) is 3. The molecule has 0 spiro atoms. The summed E-state index contributed by atoms with van der Waals surface area (Å²) in [7, 11) is 3.35. The van der Waals surface area contributed by atoms with Gasteiger partial charge in [0.15, 0.2) is 17.5 Å². The van der Waals surface area contributed by atoms with Crippen molar-refractivity contribution in [2.75, 3.05) is 53.6 Å². The van der Waals surface area contributed by atoms with Gasteiger partial charge in [0, 0.05) is 25.7 Å². The van der Waals surface area contributed by atoms with E-state index in [4.69, 9.17) is 19.2 Å². The lowest BCUT2D eigenvalue weighted by Crippen LogP contribution is -2.42.